The van der Waals surface area contributed by atoms with Gasteiger partial charge in [0.2, 0.25) is 0 Å². The highest BCUT2D eigenvalue weighted by Crippen LogP contribution is 2.35. The molecule has 0 radical (unpaired) electrons. The van der Waals surface area contributed by atoms with Gasteiger partial charge in [0.05, 0.1) is 12.0 Å². The van der Waals surface area contributed by atoms with Gasteiger partial charge in [-0.25, -0.2) is 0 Å². The molecule has 1 aromatic rings. The highest BCUT2D eigenvalue weighted by molar-refractivity contribution is 5.25. The lowest BCUT2D eigenvalue weighted by atomic mass is 9.77. The highest BCUT2D eigenvalue weighted by atomic mass is 14.3. The van der Waals surface area contributed by atoms with Crippen molar-refractivity contribution in [2.24, 2.45) is 5.92 Å². The minimum Gasteiger partial charge on any atom is -0.198 e. The smallest absolute Gasteiger partial charge is 0.0740 e. The Morgan fingerprint density at radius 1 is 1.07 bits per heavy atom. The highest BCUT2D eigenvalue weighted by Gasteiger charge is 2.24. The summed E-state index contributed by atoms with van der Waals surface area (Å²) >= 11 is 0. The third kappa shape index (κ3) is 2.39. The van der Waals surface area contributed by atoms with Gasteiger partial charge in [0.25, 0.3) is 0 Å². The van der Waals surface area contributed by atoms with Gasteiger partial charge < -0.3 is 0 Å². The largest absolute Gasteiger partial charge is 0.198 e. The van der Waals surface area contributed by atoms with Gasteiger partial charge in [-0.1, -0.05) is 49.6 Å². The second kappa shape index (κ2) is 4.98. The van der Waals surface area contributed by atoms with Crippen molar-refractivity contribution >= 4 is 0 Å². The number of benzene rings is 1. The Morgan fingerprint density at radius 3 is 2.33 bits per heavy atom. The summed E-state index contributed by atoms with van der Waals surface area (Å²) in [6.45, 7) is 0. The predicted octanol–water partition coefficient (Wildman–Crippen LogP) is 3.87. The van der Waals surface area contributed by atoms with Crippen LogP contribution in [0, 0.1) is 17.2 Å². The summed E-state index contributed by atoms with van der Waals surface area (Å²) in [4.78, 5) is 0. The molecule has 78 valence electrons. The molecule has 0 N–H and O–H groups in total. The van der Waals surface area contributed by atoms with Gasteiger partial charge in [-0.15, -0.1) is 0 Å². The van der Waals surface area contributed by atoms with E-state index in [0.717, 1.165) is 0 Å². The minimum atomic E-state index is 0.117. The molecule has 1 aliphatic rings. The number of nitrogens with zero attached hydrogens (tertiary/aromatic N) is 1. The summed E-state index contributed by atoms with van der Waals surface area (Å²) in [6.07, 6.45) is 6.41. The zero-order chi connectivity index (χ0) is 10.5. The summed E-state index contributed by atoms with van der Waals surface area (Å²) < 4.78 is 0. The Morgan fingerprint density at radius 2 is 1.73 bits per heavy atom. The molecule has 0 aliphatic heterocycles. The Bertz CT molecular complexity index is 330. The van der Waals surface area contributed by atoms with Gasteiger partial charge in [0, 0.05) is 0 Å². The van der Waals surface area contributed by atoms with Crippen molar-refractivity contribution in [3.63, 3.8) is 0 Å². The molecule has 1 unspecified atom stereocenters. The molecule has 0 bridgehead atoms. The topological polar surface area (TPSA) is 23.8 Å². The molecule has 1 saturated carbocycles. The minimum absolute atomic E-state index is 0.117. The Labute approximate surface area is 91.7 Å². The standard InChI is InChI=1S/C14H17N/c15-11-14(12-7-3-1-4-8-12)13-9-5-2-6-10-13/h1,3-4,7-8,13-14H,2,5-6,9-10H2. The average molecular weight is 199 g/mol. The zero-order valence-electron chi connectivity index (χ0n) is 9.02. The Hall–Kier alpha value is -1.29. The molecule has 0 saturated heterocycles. The molecule has 15 heavy (non-hydrogen) atoms. The van der Waals surface area contributed by atoms with Crippen LogP contribution < -0.4 is 0 Å². The van der Waals surface area contributed by atoms with E-state index >= 15 is 0 Å². The van der Waals surface area contributed by atoms with Gasteiger partial charge in [0.15, 0.2) is 0 Å². The molecular formula is C14H17N. The van der Waals surface area contributed by atoms with E-state index in [4.69, 9.17) is 0 Å². The molecule has 2 rings (SSSR count). The Kier molecular flexibility index (Phi) is 3.40. The van der Waals surface area contributed by atoms with Gasteiger partial charge in [0.1, 0.15) is 0 Å². The molecule has 1 aromatic carbocycles. The van der Waals surface area contributed by atoms with Crippen LogP contribution in [0.3, 0.4) is 0 Å². The molecule has 1 fully saturated rings. The molecule has 1 nitrogen and oxygen atoms in total. The molecule has 1 atom stereocenters. The van der Waals surface area contributed by atoms with Crippen LogP contribution in [0.2, 0.25) is 0 Å². The van der Waals surface area contributed by atoms with Crippen molar-refractivity contribution in [1.82, 2.24) is 0 Å². The molecule has 1 aliphatic carbocycles. The van der Waals surface area contributed by atoms with Crippen molar-refractivity contribution < 1.29 is 0 Å². The molecule has 0 spiro atoms. The summed E-state index contributed by atoms with van der Waals surface area (Å²) in [5.74, 6) is 0.706. The van der Waals surface area contributed by atoms with E-state index in [1.54, 1.807) is 0 Å². The normalized spacial score (nSPS) is 19.4. The maximum Gasteiger partial charge on any atom is 0.0740 e. The average Bonchev–Trinajstić information content (AvgIpc) is 2.33. The SMILES string of the molecule is N#CC(c1ccccc1)C1CCCCC1. The van der Waals surface area contributed by atoms with E-state index in [1.165, 1.54) is 37.7 Å². The van der Waals surface area contributed by atoms with Crippen LogP contribution in [0.5, 0.6) is 0 Å². The Balaban J connectivity index is 2.14. The molecule has 0 amide bonds. The first-order valence-corrected chi connectivity index (χ1v) is 5.86. The first-order chi connectivity index (χ1) is 7.42. The van der Waals surface area contributed by atoms with E-state index < -0.39 is 0 Å². The van der Waals surface area contributed by atoms with Crippen LogP contribution in [-0.4, -0.2) is 0 Å². The van der Waals surface area contributed by atoms with Gasteiger partial charge in [-0.3, -0.25) is 0 Å². The van der Waals surface area contributed by atoms with Crippen LogP contribution in [0.15, 0.2) is 30.3 Å². The van der Waals surface area contributed by atoms with E-state index in [0.29, 0.717) is 5.92 Å². The molecule has 1 heteroatoms. The van der Waals surface area contributed by atoms with Crippen LogP contribution in [0.4, 0.5) is 0 Å². The molecular weight excluding hydrogens is 182 g/mol. The summed E-state index contributed by atoms with van der Waals surface area (Å²) in [5.41, 5.74) is 1.20. The van der Waals surface area contributed by atoms with Crippen molar-refractivity contribution in [3.05, 3.63) is 35.9 Å². The first-order valence-electron chi connectivity index (χ1n) is 5.86. The number of nitriles is 1. The van der Waals surface area contributed by atoms with E-state index in [2.05, 4.69) is 18.2 Å². The van der Waals surface area contributed by atoms with Crippen LogP contribution in [0.25, 0.3) is 0 Å². The fourth-order valence-electron chi connectivity index (χ4n) is 2.58. The predicted molar refractivity (Wildman–Crippen MR) is 61.4 cm³/mol. The fraction of sp³-hybridized carbons (Fsp3) is 0.500. The third-order valence-electron chi connectivity index (χ3n) is 3.42. The summed E-state index contributed by atoms with van der Waals surface area (Å²) in [6, 6.07) is 12.7. The molecule has 0 heterocycles. The van der Waals surface area contributed by atoms with Crippen LogP contribution >= 0.6 is 0 Å². The van der Waals surface area contributed by atoms with Gasteiger partial charge >= 0.3 is 0 Å². The van der Waals surface area contributed by atoms with Gasteiger partial charge in [-0.2, -0.15) is 5.26 Å². The number of rotatable bonds is 2. The third-order valence-corrected chi connectivity index (χ3v) is 3.42. The van der Waals surface area contributed by atoms with Crippen molar-refractivity contribution in [3.8, 4) is 6.07 Å². The second-order valence-electron chi connectivity index (χ2n) is 4.42. The van der Waals surface area contributed by atoms with Gasteiger partial charge in [-0.05, 0) is 24.3 Å². The summed E-state index contributed by atoms with van der Waals surface area (Å²) in [7, 11) is 0. The lowest BCUT2D eigenvalue weighted by Crippen LogP contribution is -2.14. The number of hydrogen-bond acceptors (Lipinski definition) is 1. The molecule has 0 aromatic heterocycles. The first kappa shape index (κ1) is 10.2. The monoisotopic (exact) mass is 199 g/mol. The second-order valence-corrected chi connectivity index (χ2v) is 4.42. The zero-order valence-corrected chi connectivity index (χ0v) is 9.02. The van der Waals surface area contributed by atoms with E-state index in [1.807, 2.05) is 18.2 Å². The lowest BCUT2D eigenvalue weighted by molar-refractivity contribution is 0.335. The quantitative estimate of drug-likeness (QED) is 0.709. The van der Waals surface area contributed by atoms with Crippen LogP contribution in [0.1, 0.15) is 43.6 Å². The number of hydrogen-bond donors (Lipinski definition) is 0. The summed E-state index contributed by atoms with van der Waals surface area (Å²) in [5, 5.41) is 9.28. The lowest BCUT2D eigenvalue weighted by Gasteiger charge is -2.25. The fourth-order valence-corrected chi connectivity index (χ4v) is 2.58. The van der Waals surface area contributed by atoms with Crippen molar-refractivity contribution in [1.29, 1.82) is 5.26 Å². The van der Waals surface area contributed by atoms with E-state index in [-0.39, 0.29) is 5.92 Å². The van der Waals surface area contributed by atoms with E-state index in [9.17, 15) is 5.26 Å². The van der Waals surface area contributed by atoms with Crippen molar-refractivity contribution in [2.45, 2.75) is 38.0 Å². The van der Waals surface area contributed by atoms with Crippen LogP contribution in [-0.2, 0) is 0 Å². The van der Waals surface area contributed by atoms with Crippen molar-refractivity contribution in [2.75, 3.05) is 0 Å². The maximum atomic E-state index is 9.28. The maximum absolute atomic E-state index is 9.28.